The van der Waals surface area contributed by atoms with Crippen LogP contribution < -0.4 is 10.6 Å². The normalized spacial score (nSPS) is 15.9. The van der Waals surface area contributed by atoms with Crippen LogP contribution in [0.1, 0.15) is 41.6 Å². The molecule has 38 heavy (non-hydrogen) atoms. The van der Waals surface area contributed by atoms with Crippen LogP contribution in [0.2, 0.25) is 5.02 Å². The van der Waals surface area contributed by atoms with E-state index in [1.54, 1.807) is 49.4 Å². The number of hydrogen-bond acceptors (Lipinski definition) is 6. The van der Waals surface area contributed by atoms with Crippen molar-refractivity contribution in [1.29, 1.82) is 5.26 Å². The largest absolute Gasteiger partial charge is 0.381 e. The van der Waals surface area contributed by atoms with Crippen molar-refractivity contribution in [1.82, 2.24) is 15.6 Å². The molecule has 1 saturated heterocycles. The SMILES string of the molecule is C[C@H](C(=O)[C@H](NC(=O)c1ccc(-c2ccccc2Cl)nc1)C(=O)NC1(C#N)CCOCC1)c1ccccc1. The number of carbonyl (C=O) groups is 3. The van der Waals surface area contributed by atoms with E-state index in [1.165, 1.54) is 6.20 Å². The standard InChI is InChI=1S/C29H27ClN4O4/c1-19(20-7-3-2-4-8-20)26(35)25(28(37)34-29(18-31)13-15-38-16-14-29)33-27(36)21-11-12-24(32-17-21)22-9-5-6-10-23(22)30/h2-12,17,19,25H,13-16H2,1H3,(H,33,36)(H,34,37)/t19-,25-/m0/s1. The molecule has 1 aliphatic rings. The number of pyridine rings is 1. The van der Waals surface area contributed by atoms with Gasteiger partial charge < -0.3 is 15.4 Å². The number of hydrogen-bond donors (Lipinski definition) is 2. The Labute approximate surface area is 226 Å². The third kappa shape index (κ3) is 6.08. The summed E-state index contributed by atoms with van der Waals surface area (Å²) >= 11 is 6.25. The molecule has 0 bridgehead atoms. The number of rotatable bonds is 8. The number of nitrogens with one attached hydrogen (secondary N) is 2. The molecule has 9 heteroatoms. The molecule has 1 aromatic heterocycles. The minimum atomic E-state index is -1.52. The smallest absolute Gasteiger partial charge is 0.253 e. The Morgan fingerprint density at radius 2 is 1.71 bits per heavy atom. The first-order chi connectivity index (χ1) is 18.3. The van der Waals surface area contributed by atoms with Crippen LogP contribution in [-0.4, -0.2) is 47.4 Å². The van der Waals surface area contributed by atoms with E-state index in [1.807, 2.05) is 24.3 Å². The molecule has 0 saturated carbocycles. The predicted octanol–water partition coefficient (Wildman–Crippen LogP) is 4.06. The Hall–Kier alpha value is -4.06. The fourth-order valence-corrected chi connectivity index (χ4v) is 4.52. The van der Waals surface area contributed by atoms with Crippen LogP contribution in [0.4, 0.5) is 0 Å². The first-order valence-electron chi connectivity index (χ1n) is 12.2. The molecule has 2 atom stereocenters. The zero-order chi connectivity index (χ0) is 27.1. The summed E-state index contributed by atoms with van der Waals surface area (Å²) in [6, 6.07) is 20.0. The van der Waals surface area contributed by atoms with Crippen LogP contribution in [0.15, 0.2) is 72.9 Å². The molecule has 0 aliphatic carbocycles. The molecule has 194 valence electrons. The molecular formula is C29H27ClN4O4. The number of ether oxygens (including phenoxy) is 1. The van der Waals surface area contributed by atoms with Crippen molar-refractivity contribution in [2.75, 3.05) is 13.2 Å². The molecule has 1 aliphatic heterocycles. The van der Waals surface area contributed by atoms with E-state index in [9.17, 15) is 19.6 Å². The summed E-state index contributed by atoms with van der Waals surface area (Å²) in [4.78, 5) is 44.5. The molecule has 2 N–H and O–H groups in total. The van der Waals surface area contributed by atoms with Gasteiger partial charge in [-0.1, -0.05) is 67.1 Å². The van der Waals surface area contributed by atoms with E-state index in [0.717, 1.165) is 0 Å². The number of ketones is 1. The number of carbonyl (C=O) groups excluding carboxylic acids is 3. The summed E-state index contributed by atoms with van der Waals surface area (Å²) in [6.07, 6.45) is 1.93. The van der Waals surface area contributed by atoms with Gasteiger partial charge in [0.15, 0.2) is 11.8 Å². The van der Waals surface area contributed by atoms with Gasteiger partial charge in [0, 0.05) is 48.8 Å². The molecule has 1 fully saturated rings. The van der Waals surface area contributed by atoms with Gasteiger partial charge in [0.2, 0.25) is 0 Å². The van der Waals surface area contributed by atoms with Crippen LogP contribution in [0, 0.1) is 11.3 Å². The zero-order valence-corrected chi connectivity index (χ0v) is 21.6. The van der Waals surface area contributed by atoms with Gasteiger partial charge in [0.25, 0.3) is 11.8 Å². The number of halogens is 1. The fourth-order valence-electron chi connectivity index (χ4n) is 4.29. The molecular weight excluding hydrogens is 504 g/mol. The van der Waals surface area contributed by atoms with E-state index >= 15 is 0 Å². The van der Waals surface area contributed by atoms with Gasteiger partial charge in [-0.2, -0.15) is 5.26 Å². The second kappa shape index (κ2) is 12.0. The molecule has 2 aromatic carbocycles. The highest BCUT2D eigenvalue weighted by molar-refractivity contribution is 6.33. The Kier molecular flexibility index (Phi) is 8.52. The molecule has 0 unspecified atom stereocenters. The van der Waals surface area contributed by atoms with Crippen molar-refractivity contribution in [3.05, 3.63) is 89.1 Å². The highest BCUT2D eigenvalue weighted by atomic mass is 35.5. The Balaban J connectivity index is 1.58. The van der Waals surface area contributed by atoms with Crippen LogP contribution in [-0.2, 0) is 14.3 Å². The van der Waals surface area contributed by atoms with Crippen molar-refractivity contribution in [2.45, 2.75) is 37.3 Å². The summed E-state index contributed by atoms with van der Waals surface area (Å²) in [6.45, 7) is 2.30. The third-order valence-corrected chi connectivity index (χ3v) is 6.98. The first-order valence-corrected chi connectivity index (χ1v) is 12.6. The number of nitriles is 1. The first kappa shape index (κ1) is 27.0. The molecule has 0 radical (unpaired) electrons. The lowest BCUT2D eigenvalue weighted by molar-refractivity contribution is -0.133. The van der Waals surface area contributed by atoms with E-state index in [0.29, 0.717) is 35.1 Å². The van der Waals surface area contributed by atoms with Gasteiger partial charge in [-0.15, -0.1) is 0 Å². The van der Waals surface area contributed by atoms with Crippen molar-refractivity contribution < 1.29 is 19.1 Å². The topological polar surface area (TPSA) is 121 Å². The number of amides is 2. The quantitative estimate of drug-likeness (QED) is 0.424. The van der Waals surface area contributed by atoms with E-state index in [-0.39, 0.29) is 18.4 Å². The van der Waals surface area contributed by atoms with Crippen LogP contribution in [0.25, 0.3) is 11.3 Å². The molecule has 2 amide bonds. The van der Waals surface area contributed by atoms with Crippen molar-refractivity contribution >= 4 is 29.2 Å². The minimum absolute atomic E-state index is 0.167. The summed E-state index contributed by atoms with van der Waals surface area (Å²) in [5.74, 6) is -2.56. The van der Waals surface area contributed by atoms with Crippen molar-refractivity contribution in [3.8, 4) is 17.3 Å². The number of aromatic nitrogens is 1. The van der Waals surface area contributed by atoms with Gasteiger partial charge in [-0.05, 0) is 23.8 Å². The third-order valence-electron chi connectivity index (χ3n) is 6.65. The highest BCUT2D eigenvalue weighted by Crippen LogP contribution is 2.26. The molecule has 4 rings (SSSR count). The molecule has 2 heterocycles. The van der Waals surface area contributed by atoms with Crippen molar-refractivity contribution in [3.63, 3.8) is 0 Å². The molecule has 8 nitrogen and oxygen atoms in total. The van der Waals surface area contributed by atoms with Gasteiger partial charge in [-0.3, -0.25) is 19.4 Å². The Morgan fingerprint density at radius 3 is 2.34 bits per heavy atom. The average molecular weight is 531 g/mol. The summed E-state index contributed by atoms with van der Waals surface area (Å²) in [5, 5.41) is 15.6. The van der Waals surface area contributed by atoms with Crippen LogP contribution in [0.3, 0.4) is 0 Å². The molecule has 3 aromatic rings. The monoisotopic (exact) mass is 530 g/mol. The summed E-state index contributed by atoms with van der Waals surface area (Å²) in [5.41, 5.74) is 0.984. The summed E-state index contributed by atoms with van der Waals surface area (Å²) in [7, 11) is 0. The number of benzene rings is 2. The molecule has 0 spiro atoms. The van der Waals surface area contributed by atoms with Crippen LogP contribution >= 0.6 is 11.6 Å². The van der Waals surface area contributed by atoms with E-state index < -0.39 is 35.1 Å². The second-order valence-electron chi connectivity index (χ2n) is 9.15. The van der Waals surface area contributed by atoms with Crippen molar-refractivity contribution in [2.24, 2.45) is 0 Å². The second-order valence-corrected chi connectivity index (χ2v) is 9.56. The minimum Gasteiger partial charge on any atom is -0.381 e. The van der Waals surface area contributed by atoms with E-state index in [4.69, 9.17) is 16.3 Å². The van der Waals surface area contributed by atoms with E-state index in [2.05, 4.69) is 21.7 Å². The van der Waals surface area contributed by atoms with Crippen LogP contribution in [0.5, 0.6) is 0 Å². The maximum atomic E-state index is 13.5. The summed E-state index contributed by atoms with van der Waals surface area (Å²) < 4.78 is 5.33. The van der Waals surface area contributed by atoms with Gasteiger partial charge in [-0.25, -0.2) is 0 Å². The maximum absolute atomic E-state index is 13.5. The van der Waals surface area contributed by atoms with Gasteiger partial charge >= 0.3 is 0 Å². The van der Waals surface area contributed by atoms with Gasteiger partial charge in [0.1, 0.15) is 5.54 Å². The predicted molar refractivity (Wildman–Crippen MR) is 142 cm³/mol. The average Bonchev–Trinajstić information content (AvgIpc) is 2.96. The lowest BCUT2D eigenvalue weighted by atomic mass is 9.89. The highest BCUT2D eigenvalue weighted by Gasteiger charge is 2.40. The fraction of sp³-hybridized carbons (Fsp3) is 0.276. The van der Waals surface area contributed by atoms with Gasteiger partial charge in [0.05, 0.1) is 17.3 Å². The zero-order valence-electron chi connectivity index (χ0n) is 20.8. The lowest BCUT2D eigenvalue weighted by Gasteiger charge is -2.33. The maximum Gasteiger partial charge on any atom is 0.253 e. The Bertz CT molecular complexity index is 1350. The number of Topliss-reactive ketones (excluding diaryl/α,β-unsaturated/α-hetero) is 1. The number of nitrogens with zero attached hydrogens (tertiary/aromatic N) is 2. The lowest BCUT2D eigenvalue weighted by Crippen LogP contribution is -2.59. The Morgan fingerprint density at radius 1 is 1.03 bits per heavy atom.